The summed E-state index contributed by atoms with van der Waals surface area (Å²) in [7, 11) is 0. The minimum atomic E-state index is 0.337. The molecule has 2 aromatic carbocycles. The van der Waals surface area contributed by atoms with Gasteiger partial charge in [-0.3, -0.25) is 11.3 Å². The predicted molar refractivity (Wildman–Crippen MR) is 88.0 cm³/mol. The fourth-order valence-electron chi connectivity index (χ4n) is 3.55. The second-order valence-electron chi connectivity index (χ2n) is 6.08. The van der Waals surface area contributed by atoms with Gasteiger partial charge in [-0.2, -0.15) is 0 Å². The van der Waals surface area contributed by atoms with Crippen molar-refractivity contribution in [2.24, 2.45) is 5.84 Å². The first-order valence-electron chi connectivity index (χ1n) is 7.94. The molecule has 21 heavy (non-hydrogen) atoms. The Bertz CT molecular complexity index is 565. The predicted octanol–water partition coefficient (Wildman–Crippen LogP) is 3.57. The lowest BCUT2D eigenvalue weighted by atomic mass is 9.79. The van der Waals surface area contributed by atoms with E-state index in [1.165, 1.54) is 36.0 Å². The average Bonchev–Trinajstić information content (AvgIpc) is 2.55. The summed E-state index contributed by atoms with van der Waals surface area (Å²) < 4.78 is 0. The zero-order valence-corrected chi connectivity index (χ0v) is 12.5. The number of hydrogen-bond donors (Lipinski definition) is 2. The van der Waals surface area contributed by atoms with Crippen LogP contribution in [-0.4, -0.2) is 6.04 Å². The van der Waals surface area contributed by atoms with Crippen LogP contribution in [0, 0.1) is 0 Å². The van der Waals surface area contributed by atoms with Crippen LogP contribution >= 0.6 is 0 Å². The molecule has 3 rings (SSSR count). The van der Waals surface area contributed by atoms with Crippen LogP contribution in [0.5, 0.6) is 0 Å². The van der Waals surface area contributed by atoms with Gasteiger partial charge in [-0.1, -0.05) is 54.6 Å². The lowest BCUT2D eigenvalue weighted by Crippen LogP contribution is -2.38. The van der Waals surface area contributed by atoms with Gasteiger partial charge in [0.05, 0.1) is 0 Å². The Hall–Kier alpha value is -1.64. The molecule has 0 aliphatic heterocycles. The lowest BCUT2D eigenvalue weighted by Gasteiger charge is -2.29. The van der Waals surface area contributed by atoms with E-state index in [2.05, 4.69) is 60.0 Å². The molecule has 0 fully saturated rings. The first kappa shape index (κ1) is 14.3. The van der Waals surface area contributed by atoms with Crippen molar-refractivity contribution in [3.05, 3.63) is 71.3 Å². The smallest absolute Gasteiger partial charge is 0.0256 e. The fourth-order valence-corrected chi connectivity index (χ4v) is 3.55. The average molecular weight is 280 g/mol. The highest BCUT2D eigenvalue weighted by atomic mass is 15.2. The van der Waals surface area contributed by atoms with Gasteiger partial charge in [0.15, 0.2) is 0 Å². The molecule has 2 atom stereocenters. The molecule has 2 aromatic rings. The molecule has 0 radical (unpaired) electrons. The maximum absolute atomic E-state index is 5.81. The van der Waals surface area contributed by atoms with Crippen molar-refractivity contribution in [1.29, 1.82) is 0 Å². The largest absolute Gasteiger partial charge is 0.271 e. The zero-order valence-electron chi connectivity index (χ0n) is 12.5. The molecule has 0 saturated heterocycles. The van der Waals surface area contributed by atoms with Crippen molar-refractivity contribution in [3.63, 3.8) is 0 Å². The second kappa shape index (κ2) is 6.88. The van der Waals surface area contributed by atoms with E-state index in [4.69, 9.17) is 5.84 Å². The number of rotatable bonds is 5. The number of nitrogens with one attached hydrogen (secondary N) is 1. The van der Waals surface area contributed by atoms with Crippen LogP contribution in [0.25, 0.3) is 0 Å². The van der Waals surface area contributed by atoms with Gasteiger partial charge in [-0.25, -0.2) is 0 Å². The van der Waals surface area contributed by atoms with E-state index in [1.54, 1.807) is 0 Å². The summed E-state index contributed by atoms with van der Waals surface area (Å²) in [6.45, 7) is 0. The van der Waals surface area contributed by atoms with Gasteiger partial charge < -0.3 is 0 Å². The normalized spacial score (nSPS) is 19.0. The Morgan fingerprint density at radius 2 is 1.81 bits per heavy atom. The lowest BCUT2D eigenvalue weighted by molar-refractivity contribution is 0.414. The number of benzene rings is 2. The molecular formula is C19H24N2. The van der Waals surface area contributed by atoms with Crippen molar-refractivity contribution in [3.8, 4) is 0 Å². The maximum Gasteiger partial charge on any atom is 0.0256 e. The number of aryl methyl sites for hydroxylation is 1. The zero-order chi connectivity index (χ0) is 14.5. The van der Waals surface area contributed by atoms with Crippen molar-refractivity contribution in [2.45, 2.75) is 44.1 Å². The molecule has 0 heterocycles. The van der Waals surface area contributed by atoms with Crippen molar-refractivity contribution < 1.29 is 0 Å². The third-order valence-corrected chi connectivity index (χ3v) is 4.62. The number of hydrazine groups is 1. The fraction of sp³-hybridized carbons (Fsp3) is 0.368. The third kappa shape index (κ3) is 3.52. The van der Waals surface area contributed by atoms with Crippen molar-refractivity contribution in [1.82, 2.24) is 5.43 Å². The summed E-state index contributed by atoms with van der Waals surface area (Å²) >= 11 is 0. The van der Waals surface area contributed by atoms with E-state index in [1.807, 2.05) is 0 Å². The van der Waals surface area contributed by atoms with Crippen molar-refractivity contribution >= 4 is 0 Å². The molecule has 0 amide bonds. The van der Waals surface area contributed by atoms with Crippen molar-refractivity contribution in [2.75, 3.05) is 0 Å². The summed E-state index contributed by atoms with van der Waals surface area (Å²) in [4.78, 5) is 0. The number of hydrogen-bond acceptors (Lipinski definition) is 2. The van der Waals surface area contributed by atoms with E-state index in [-0.39, 0.29) is 0 Å². The molecule has 110 valence electrons. The molecule has 1 aliphatic rings. The maximum atomic E-state index is 5.81. The molecule has 0 spiro atoms. The molecule has 0 saturated carbocycles. The van der Waals surface area contributed by atoms with Gasteiger partial charge in [0, 0.05) is 6.04 Å². The van der Waals surface area contributed by atoms with Crippen LogP contribution in [0.15, 0.2) is 54.6 Å². The van der Waals surface area contributed by atoms with Crippen LogP contribution < -0.4 is 11.3 Å². The summed E-state index contributed by atoms with van der Waals surface area (Å²) in [5, 5.41) is 0. The van der Waals surface area contributed by atoms with Crippen LogP contribution in [-0.2, 0) is 12.8 Å². The molecule has 0 bridgehead atoms. The number of fused-ring (bicyclic) bond motifs is 1. The first-order chi connectivity index (χ1) is 10.4. The first-order valence-corrected chi connectivity index (χ1v) is 7.94. The summed E-state index contributed by atoms with van der Waals surface area (Å²) in [6, 6.07) is 19.9. The molecule has 2 unspecified atom stereocenters. The Balaban J connectivity index is 1.70. The molecule has 1 aliphatic carbocycles. The van der Waals surface area contributed by atoms with E-state index in [9.17, 15) is 0 Å². The summed E-state index contributed by atoms with van der Waals surface area (Å²) in [5.41, 5.74) is 7.45. The molecule has 2 nitrogen and oxygen atoms in total. The van der Waals surface area contributed by atoms with Gasteiger partial charge in [0.1, 0.15) is 0 Å². The SMILES string of the molecule is NNC(Cc1ccccc1)CC1CCCc2ccccc21. The summed E-state index contributed by atoms with van der Waals surface area (Å²) in [5.74, 6) is 6.45. The Kier molecular flexibility index (Phi) is 4.69. The number of nitrogens with two attached hydrogens (primary N) is 1. The van der Waals surface area contributed by atoms with Crippen LogP contribution in [0.4, 0.5) is 0 Å². The van der Waals surface area contributed by atoms with Crippen LogP contribution in [0.3, 0.4) is 0 Å². The minimum absolute atomic E-state index is 0.337. The monoisotopic (exact) mass is 280 g/mol. The van der Waals surface area contributed by atoms with E-state index >= 15 is 0 Å². The molecule has 0 aromatic heterocycles. The second-order valence-corrected chi connectivity index (χ2v) is 6.08. The van der Waals surface area contributed by atoms with Gasteiger partial charge in [0.25, 0.3) is 0 Å². The van der Waals surface area contributed by atoms with Crippen LogP contribution in [0.1, 0.15) is 41.9 Å². The third-order valence-electron chi connectivity index (χ3n) is 4.62. The highest BCUT2D eigenvalue weighted by Crippen LogP contribution is 2.34. The Morgan fingerprint density at radius 3 is 2.62 bits per heavy atom. The minimum Gasteiger partial charge on any atom is -0.271 e. The van der Waals surface area contributed by atoms with Gasteiger partial charge in [0.2, 0.25) is 0 Å². The Morgan fingerprint density at radius 1 is 1.05 bits per heavy atom. The Labute approximate surface area is 127 Å². The van der Waals surface area contributed by atoms with Gasteiger partial charge in [-0.15, -0.1) is 0 Å². The topological polar surface area (TPSA) is 38.0 Å². The standard InChI is InChI=1S/C19H24N2/c20-21-18(13-15-7-2-1-3-8-15)14-17-11-6-10-16-9-4-5-12-19(16)17/h1-5,7-9,12,17-18,21H,6,10-11,13-14,20H2. The van der Waals surface area contributed by atoms with E-state index < -0.39 is 0 Å². The van der Waals surface area contributed by atoms with Crippen LogP contribution in [0.2, 0.25) is 0 Å². The van der Waals surface area contributed by atoms with Gasteiger partial charge >= 0.3 is 0 Å². The molecule has 3 N–H and O–H groups in total. The highest BCUT2D eigenvalue weighted by Gasteiger charge is 2.22. The summed E-state index contributed by atoms with van der Waals surface area (Å²) in [6.07, 6.45) is 5.92. The van der Waals surface area contributed by atoms with E-state index in [0.29, 0.717) is 12.0 Å². The molecular weight excluding hydrogens is 256 g/mol. The quantitative estimate of drug-likeness (QED) is 0.649. The highest BCUT2D eigenvalue weighted by molar-refractivity contribution is 5.32. The van der Waals surface area contributed by atoms with Gasteiger partial charge in [-0.05, 0) is 54.7 Å². The molecule has 2 heteroatoms. The van der Waals surface area contributed by atoms with E-state index in [0.717, 1.165) is 12.8 Å².